The van der Waals surface area contributed by atoms with Gasteiger partial charge in [-0.25, -0.2) is 4.98 Å². The molecule has 1 fully saturated rings. The van der Waals surface area contributed by atoms with Crippen LogP contribution in [0.4, 0.5) is 11.8 Å². The molecular weight excluding hydrogens is 268 g/mol. The zero-order valence-corrected chi connectivity index (χ0v) is 12.4. The molecule has 0 spiro atoms. The summed E-state index contributed by atoms with van der Waals surface area (Å²) >= 11 is 0. The Bertz CT molecular complexity index is 605. The molecule has 21 heavy (non-hydrogen) atoms. The summed E-state index contributed by atoms with van der Waals surface area (Å²) in [4.78, 5) is 10.6. The minimum Gasteiger partial charge on any atom is -0.373 e. The lowest BCUT2D eigenvalue weighted by Gasteiger charge is -2.33. The Hall–Kier alpha value is -2.15. The molecule has 2 aromatic heterocycles. The van der Waals surface area contributed by atoms with Gasteiger partial charge in [0.1, 0.15) is 5.82 Å². The molecule has 7 nitrogen and oxygen atoms in total. The monoisotopic (exact) mass is 288 g/mol. The first-order valence-electron chi connectivity index (χ1n) is 7.07. The van der Waals surface area contributed by atoms with E-state index in [1.165, 1.54) is 0 Å². The Balaban J connectivity index is 1.70. The van der Waals surface area contributed by atoms with E-state index in [2.05, 4.69) is 20.0 Å². The van der Waals surface area contributed by atoms with Gasteiger partial charge >= 0.3 is 0 Å². The average molecular weight is 288 g/mol. The molecule has 2 aromatic rings. The molecule has 0 saturated carbocycles. The molecule has 3 rings (SSSR count). The molecule has 0 aliphatic carbocycles. The van der Waals surface area contributed by atoms with Crippen molar-refractivity contribution in [2.45, 2.75) is 26.5 Å². The third-order valence-corrected chi connectivity index (χ3v) is 3.47. The van der Waals surface area contributed by atoms with Gasteiger partial charge in [0.25, 0.3) is 0 Å². The lowest BCUT2D eigenvalue weighted by Crippen LogP contribution is -2.44. The van der Waals surface area contributed by atoms with Gasteiger partial charge in [0.15, 0.2) is 0 Å². The quantitative estimate of drug-likeness (QED) is 0.898. The van der Waals surface area contributed by atoms with Crippen molar-refractivity contribution in [3.63, 3.8) is 0 Å². The van der Waals surface area contributed by atoms with E-state index in [1.54, 1.807) is 0 Å². The molecule has 1 saturated heterocycles. The Kier molecular flexibility index (Phi) is 3.74. The summed E-state index contributed by atoms with van der Waals surface area (Å²) in [6.07, 6.45) is 3.97. The number of morpholine rings is 1. The molecule has 112 valence electrons. The molecule has 1 aliphatic rings. The SMILES string of the molecule is Cc1cnn(CC2CN(c3cc(C)nc(N)n3)CCO2)c1. The summed E-state index contributed by atoms with van der Waals surface area (Å²) in [7, 11) is 0. The molecule has 3 heterocycles. The van der Waals surface area contributed by atoms with E-state index < -0.39 is 0 Å². The van der Waals surface area contributed by atoms with Crippen LogP contribution in [-0.2, 0) is 11.3 Å². The number of aromatic nitrogens is 4. The Morgan fingerprint density at radius 3 is 2.95 bits per heavy atom. The van der Waals surface area contributed by atoms with Crippen molar-refractivity contribution in [3.05, 3.63) is 29.7 Å². The first-order valence-corrected chi connectivity index (χ1v) is 7.07. The molecule has 1 atom stereocenters. The van der Waals surface area contributed by atoms with E-state index >= 15 is 0 Å². The number of nitrogens with zero attached hydrogens (tertiary/aromatic N) is 5. The van der Waals surface area contributed by atoms with Crippen molar-refractivity contribution in [1.82, 2.24) is 19.7 Å². The zero-order valence-electron chi connectivity index (χ0n) is 12.4. The van der Waals surface area contributed by atoms with Crippen LogP contribution in [0.2, 0.25) is 0 Å². The van der Waals surface area contributed by atoms with E-state index in [-0.39, 0.29) is 6.10 Å². The topological polar surface area (TPSA) is 82.1 Å². The number of rotatable bonds is 3. The number of aryl methyl sites for hydroxylation is 2. The smallest absolute Gasteiger partial charge is 0.222 e. The second-order valence-electron chi connectivity index (χ2n) is 5.40. The van der Waals surface area contributed by atoms with Crippen LogP contribution in [0.25, 0.3) is 0 Å². The van der Waals surface area contributed by atoms with Crippen LogP contribution >= 0.6 is 0 Å². The summed E-state index contributed by atoms with van der Waals surface area (Å²) in [6.45, 7) is 6.95. The molecule has 2 N–H and O–H groups in total. The van der Waals surface area contributed by atoms with Crippen LogP contribution in [0.15, 0.2) is 18.5 Å². The van der Waals surface area contributed by atoms with Gasteiger partial charge in [-0.1, -0.05) is 0 Å². The highest BCUT2D eigenvalue weighted by atomic mass is 16.5. The lowest BCUT2D eigenvalue weighted by atomic mass is 10.2. The fraction of sp³-hybridized carbons (Fsp3) is 0.500. The molecule has 1 aliphatic heterocycles. The minimum atomic E-state index is 0.0922. The van der Waals surface area contributed by atoms with Crippen LogP contribution in [-0.4, -0.2) is 45.5 Å². The summed E-state index contributed by atoms with van der Waals surface area (Å²) in [5.74, 6) is 1.18. The summed E-state index contributed by atoms with van der Waals surface area (Å²) in [5, 5.41) is 4.31. The van der Waals surface area contributed by atoms with Crippen LogP contribution in [0.1, 0.15) is 11.3 Å². The third kappa shape index (κ3) is 3.30. The van der Waals surface area contributed by atoms with Crippen molar-refractivity contribution < 1.29 is 4.74 Å². The first-order chi connectivity index (χ1) is 10.1. The Morgan fingerprint density at radius 2 is 2.24 bits per heavy atom. The maximum atomic E-state index is 5.83. The zero-order chi connectivity index (χ0) is 14.8. The molecule has 7 heteroatoms. The number of ether oxygens (including phenoxy) is 1. The molecule has 0 aromatic carbocycles. The summed E-state index contributed by atoms with van der Waals surface area (Å²) in [5.41, 5.74) is 7.77. The third-order valence-electron chi connectivity index (χ3n) is 3.47. The number of hydrogen-bond acceptors (Lipinski definition) is 6. The highest BCUT2D eigenvalue weighted by molar-refractivity contribution is 5.43. The van der Waals surface area contributed by atoms with Gasteiger partial charge in [0, 0.05) is 31.0 Å². The van der Waals surface area contributed by atoms with Gasteiger partial charge in [-0.15, -0.1) is 0 Å². The van der Waals surface area contributed by atoms with Gasteiger partial charge in [0.2, 0.25) is 5.95 Å². The molecule has 0 bridgehead atoms. The van der Waals surface area contributed by atoms with Crippen LogP contribution in [0, 0.1) is 13.8 Å². The number of anilines is 2. The second kappa shape index (κ2) is 5.69. The van der Waals surface area contributed by atoms with Gasteiger partial charge in [-0.2, -0.15) is 10.1 Å². The number of nitrogens with two attached hydrogens (primary N) is 1. The fourth-order valence-corrected chi connectivity index (χ4v) is 2.55. The van der Waals surface area contributed by atoms with E-state index in [9.17, 15) is 0 Å². The lowest BCUT2D eigenvalue weighted by molar-refractivity contribution is 0.0272. The normalized spacial score (nSPS) is 19.0. The van der Waals surface area contributed by atoms with Crippen molar-refractivity contribution >= 4 is 11.8 Å². The molecule has 0 amide bonds. The maximum absolute atomic E-state index is 5.83. The second-order valence-corrected chi connectivity index (χ2v) is 5.40. The van der Waals surface area contributed by atoms with Crippen LogP contribution in [0.3, 0.4) is 0 Å². The highest BCUT2D eigenvalue weighted by Crippen LogP contribution is 2.17. The standard InChI is InChI=1S/C14H20N6O/c1-10-6-16-20(7-10)9-12-8-19(3-4-21-12)13-5-11(2)17-14(15)18-13/h5-7,12H,3-4,8-9H2,1-2H3,(H2,15,17,18). The van der Waals surface area contributed by atoms with Gasteiger partial charge < -0.3 is 15.4 Å². The van der Waals surface area contributed by atoms with E-state index in [4.69, 9.17) is 10.5 Å². The average Bonchev–Trinajstić information content (AvgIpc) is 2.83. The van der Waals surface area contributed by atoms with Crippen LogP contribution in [0.5, 0.6) is 0 Å². The first kappa shape index (κ1) is 13.8. The number of nitrogen functional groups attached to an aromatic ring is 1. The predicted octanol–water partition coefficient (Wildman–Crippen LogP) is 0.778. The Morgan fingerprint density at radius 1 is 1.38 bits per heavy atom. The van der Waals surface area contributed by atoms with Crippen molar-refractivity contribution in [2.75, 3.05) is 30.3 Å². The predicted molar refractivity (Wildman–Crippen MR) is 80.1 cm³/mol. The molecule has 1 unspecified atom stereocenters. The summed E-state index contributed by atoms with van der Waals surface area (Å²) < 4.78 is 7.75. The maximum Gasteiger partial charge on any atom is 0.222 e. The van der Waals surface area contributed by atoms with E-state index in [0.29, 0.717) is 12.6 Å². The summed E-state index contributed by atoms with van der Waals surface area (Å²) in [6, 6.07) is 1.96. The van der Waals surface area contributed by atoms with Crippen molar-refractivity contribution in [3.8, 4) is 0 Å². The molecular formula is C14H20N6O. The van der Waals surface area contributed by atoms with Gasteiger partial charge in [-0.3, -0.25) is 4.68 Å². The highest BCUT2D eigenvalue weighted by Gasteiger charge is 2.22. The Labute approximate surface area is 123 Å². The van der Waals surface area contributed by atoms with Crippen molar-refractivity contribution in [1.29, 1.82) is 0 Å². The van der Waals surface area contributed by atoms with E-state index in [1.807, 2.05) is 37.0 Å². The van der Waals surface area contributed by atoms with Crippen molar-refractivity contribution in [2.24, 2.45) is 0 Å². The van der Waals surface area contributed by atoms with Gasteiger partial charge in [0.05, 0.1) is 25.5 Å². The van der Waals surface area contributed by atoms with Gasteiger partial charge in [-0.05, 0) is 19.4 Å². The minimum absolute atomic E-state index is 0.0922. The number of hydrogen-bond donors (Lipinski definition) is 1. The van der Waals surface area contributed by atoms with Crippen LogP contribution < -0.4 is 10.6 Å². The molecule has 0 radical (unpaired) electrons. The fourth-order valence-electron chi connectivity index (χ4n) is 2.55. The van der Waals surface area contributed by atoms with E-state index in [0.717, 1.165) is 36.7 Å². The largest absolute Gasteiger partial charge is 0.373 e.